The number of rotatable bonds is 2. The maximum atomic E-state index is 11.8. The number of nitrogens with two attached hydrogens (primary N) is 1. The minimum atomic E-state index is -0.335. The van der Waals surface area contributed by atoms with Gasteiger partial charge in [0.1, 0.15) is 0 Å². The molecule has 0 aliphatic carbocycles. The van der Waals surface area contributed by atoms with E-state index in [4.69, 9.17) is 10.9 Å². The number of amides is 2. The van der Waals surface area contributed by atoms with E-state index >= 15 is 0 Å². The molecule has 0 saturated carbocycles. The lowest BCUT2D eigenvalue weighted by molar-refractivity contribution is 0.158. The number of oxime groups is 1. The molecule has 3 N–H and O–H groups in total. The molecule has 1 aliphatic heterocycles. The Kier molecular flexibility index (Phi) is 4.50. The predicted octanol–water partition coefficient (Wildman–Crippen LogP) is 0.612. The number of hydrogen-bond donors (Lipinski definition) is 2. The monoisotopic (exact) mass is 260 g/mol. The van der Waals surface area contributed by atoms with Crippen LogP contribution in [0.5, 0.6) is 0 Å². The van der Waals surface area contributed by atoms with Crippen LogP contribution in [0.1, 0.15) is 12.8 Å². The van der Waals surface area contributed by atoms with E-state index in [9.17, 15) is 4.79 Å². The van der Waals surface area contributed by atoms with Gasteiger partial charge in [0.15, 0.2) is 5.84 Å². The molecule has 0 spiro atoms. The molecule has 0 aromatic carbocycles. The fourth-order valence-corrected chi connectivity index (χ4v) is 2.84. The molecule has 1 heterocycles. The largest absolute Gasteiger partial charge is 0.409 e. The summed E-state index contributed by atoms with van der Waals surface area (Å²) in [6, 6.07) is 0.0132. The van der Waals surface area contributed by atoms with Gasteiger partial charge in [-0.15, -0.1) is 0 Å². The quantitative estimate of drug-likeness (QED) is 0.330. The number of carbonyl (C=O) groups excluding carboxylic acids is 1. The number of carbonyl (C=O) groups is 1. The first-order valence-electron chi connectivity index (χ1n) is 5.46. The standard InChI is InChI=1S/C10H20N4O2S/c1-13(2)9(15)14-6-4-10(17-3,5-7-14)8(11)12-16/h16H,4-7H2,1-3H3,(H2,11,12). The zero-order chi connectivity index (χ0) is 13.1. The van der Waals surface area contributed by atoms with E-state index in [0.29, 0.717) is 25.9 Å². The van der Waals surface area contributed by atoms with Gasteiger partial charge in [-0.1, -0.05) is 5.16 Å². The van der Waals surface area contributed by atoms with E-state index in [1.54, 1.807) is 35.7 Å². The van der Waals surface area contributed by atoms with Crippen molar-refractivity contribution in [3.63, 3.8) is 0 Å². The van der Waals surface area contributed by atoms with Gasteiger partial charge in [-0.2, -0.15) is 11.8 Å². The molecule has 6 nitrogen and oxygen atoms in total. The van der Waals surface area contributed by atoms with Crippen molar-refractivity contribution in [1.29, 1.82) is 0 Å². The van der Waals surface area contributed by atoms with Crippen molar-refractivity contribution in [2.75, 3.05) is 33.4 Å². The Hall–Kier alpha value is -1.11. The molecule has 1 saturated heterocycles. The summed E-state index contributed by atoms with van der Waals surface area (Å²) in [6.07, 6.45) is 3.37. The number of thioether (sulfide) groups is 1. The molecule has 0 unspecified atom stereocenters. The van der Waals surface area contributed by atoms with Crippen LogP contribution in [0.2, 0.25) is 0 Å². The normalized spacial score (nSPS) is 20.2. The summed E-state index contributed by atoms with van der Waals surface area (Å²) in [5.74, 6) is 0.252. The highest BCUT2D eigenvalue weighted by molar-refractivity contribution is 8.00. The third-order valence-corrected chi connectivity index (χ3v) is 4.59. The van der Waals surface area contributed by atoms with Crippen LogP contribution in [0, 0.1) is 0 Å². The molecule has 0 bridgehead atoms. The lowest BCUT2D eigenvalue weighted by Gasteiger charge is -2.40. The second-order valence-corrected chi connectivity index (χ2v) is 5.54. The molecular formula is C10H20N4O2S. The van der Waals surface area contributed by atoms with Crippen molar-refractivity contribution in [3.05, 3.63) is 0 Å². The molecule has 0 aromatic heterocycles. The lowest BCUT2D eigenvalue weighted by Crippen LogP contribution is -2.53. The molecule has 1 aliphatic rings. The van der Waals surface area contributed by atoms with Gasteiger partial charge in [-0.3, -0.25) is 0 Å². The molecule has 0 radical (unpaired) electrons. The first-order chi connectivity index (χ1) is 7.96. The molecule has 7 heteroatoms. The van der Waals surface area contributed by atoms with Gasteiger partial charge in [-0.25, -0.2) is 4.79 Å². The Morgan fingerprint density at radius 1 is 1.47 bits per heavy atom. The van der Waals surface area contributed by atoms with Gasteiger partial charge in [0.05, 0.1) is 4.75 Å². The fraction of sp³-hybridized carbons (Fsp3) is 0.800. The summed E-state index contributed by atoms with van der Waals surface area (Å²) >= 11 is 1.58. The Morgan fingerprint density at radius 3 is 2.35 bits per heavy atom. The van der Waals surface area contributed by atoms with E-state index in [-0.39, 0.29) is 16.6 Å². The van der Waals surface area contributed by atoms with Gasteiger partial charge >= 0.3 is 6.03 Å². The minimum Gasteiger partial charge on any atom is -0.409 e. The second-order valence-electron chi connectivity index (χ2n) is 4.35. The molecule has 1 fully saturated rings. The summed E-state index contributed by atoms with van der Waals surface area (Å²) in [5.41, 5.74) is 5.74. The van der Waals surface area contributed by atoms with E-state index < -0.39 is 0 Å². The third kappa shape index (κ3) is 2.77. The summed E-state index contributed by atoms with van der Waals surface area (Å²) in [6.45, 7) is 1.27. The van der Waals surface area contributed by atoms with Crippen molar-refractivity contribution in [3.8, 4) is 0 Å². The summed E-state index contributed by atoms with van der Waals surface area (Å²) in [4.78, 5) is 15.1. The van der Waals surface area contributed by atoms with Gasteiger partial charge in [0.25, 0.3) is 0 Å². The number of piperidine rings is 1. The van der Waals surface area contributed by atoms with Crippen LogP contribution in [0.15, 0.2) is 5.16 Å². The maximum Gasteiger partial charge on any atom is 0.319 e. The molecule has 2 amide bonds. The van der Waals surface area contributed by atoms with Gasteiger partial charge in [-0.05, 0) is 19.1 Å². The van der Waals surface area contributed by atoms with Crippen LogP contribution < -0.4 is 5.73 Å². The SMILES string of the molecule is CSC1(C(N)=NO)CCN(C(=O)N(C)C)CC1. The summed E-state index contributed by atoms with van der Waals surface area (Å²) in [7, 11) is 3.48. The number of likely N-dealkylation sites (tertiary alicyclic amines) is 1. The molecular weight excluding hydrogens is 240 g/mol. The Bertz CT molecular complexity index is 311. The number of amidine groups is 1. The number of hydrogen-bond acceptors (Lipinski definition) is 4. The zero-order valence-electron chi connectivity index (χ0n) is 10.5. The Morgan fingerprint density at radius 2 is 2.00 bits per heavy atom. The highest BCUT2D eigenvalue weighted by Gasteiger charge is 2.39. The second kappa shape index (κ2) is 5.48. The average Bonchev–Trinajstić information content (AvgIpc) is 2.36. The predicted molar refractivity (Wildman–Crippen MR) is 69.5 cm³/mol. The maximum absolute atomic E-state index is 11.8. The van der Waals surface area contributed by atoms with Crippen LogP contribution in [-0.2, 0) is 0 Å². The van der Waals surface area contributed by atoms with Crippen molar-refractivity contribution < 1.29 is 10.0 Å². The van der Waals surface area contributed by atoms with Crippen molar-refractivity contribution in [2.24, 2.45) is 10.9 Å². The van der Waals surface area contributed by atoms with Crippen molar-refractivity contribution in [1.82, 2.24) is 9.80 Å². The molecule has 1 rings (SSSR count). The summed E-state index contributed by atoms with van der Waals surface area (Å²) < 4.78 is -0.335. The summed E-state index contributed by atoms with van der Waals surface area (Å²) in [5, 5.41) is 11.9. The van der Waals surface area contributed by atoms with Crippen LogP contribution >= 0.6 is 11.8 Å². The highest BCUT2D eigenvalue weighted by atomic mass is 32.2. The minimum absolute atomic E-state index is 0.0132. The molecule has 98 valence electrons. The van der Waals surface area contributed by atoms with E-state index in [1.807, 2.05) is 6.26 Å². The van der Waals surface area contributed by atoms with Crippen molar-refractivity contribution >= 4 is 23.6 Å². The Labute approximate surface area is 106 Å². The van der Waals surface area contributed by atoms with Gasteiger partial charge < -0.3 is 20.7 Å². The first-order valence-corrected chi connectivity index (χ1v) is 6.68. The molecule has 17 heavy (non-hydrogen) atoms. The Balaban J connectivity index is 2.69. The number of urea groups is 1. The van der Waals surface area contributed by atoms with Gasteiger partial charge in [0, 0.05) is 27.2 Å². The van der Waals surface area contributed by atoms with E-state index in [2.05, 4.69) is 5.16 Å². The van der Waals surface area contributed by atoms with E-state index in [1.165, 1.54) is 0 Å². The van der Waals surface area contributed by atoms with Crippen LogP contribution in [0.3, 0.4) is 0 Å². The van der Waals surface area contributed by atoms with E-state index in [0.717, 1.165) is 0 Å². The zero-order valence-corrected chi connectivity index (χ0v) is 11.3. The fourth-order valence-electron chi connectivity index (χ4n) is 2.00. The molecule has 0 aromatic rings. The molecule has 0 atom stereocenters. The van der Waals surface area contributed by atoms with Crippen LogP contribution in [0.25, 0.3) is 0 Å². The average molecular weight is 260 g/mol. The van der Waals surface area contributed by atoms with Crippen LogP contribution in [0.4, 0.5) is 4.79 Å². The van der Waals surface area contributed by atoms with Gasteiger partial charge in [0.2, 0.25) is 0 Å². The highest BCUT2D eigenvalue weighted by Crippen LogP contribution is 2.34. The van der Waals surface area contributed by atoms with Crippen LogP contribution in [-0.4, -0.2) is 65.1 Å². The topological polar surface area (TPSA) is 82.2 Å². The first kappa shape index (κ1) is 14.0. The van der Waals surface area contributed by atoms with Crippen molar-refractivity contribution in [2.45, 2.75) is 17.6 Å². The third-order valence-electron chi connectivity index (χ3n) is 3.19. The smallest absolute Gasteiger partial charge is 0.319 e. The lowest BCUT2D eigenvalue weighted by atomic mass is 9.94. The number of nitrogens with zero attached hydrogens (tertiary/aromatic N) is 3.